The van der Waals surface area contributed by atoms with Crippen LogP contribution in [-0.2, 0) is 23.5 Å². The van der Waals surface area contributed by atoms with Gasteiger partial charge >= 0.3 is 5.97 Å². The molecule has 4 atom stereocenters. The van der Waals surface area contributed by atoms with Crippen molar-refractivity contribution < 1.29 is 23.5 Å². The number of fused-ring (bicyclic) bond motifs is 1. The Morgan fingerprint density at radius 2 is 1.96 bits per heavy atom. The molecule has 0 aromatic rings. The lowest BCUT2D eigenvalue weighted by Crippen LogP contribution is -2.65. The molecule has 27 heavy (non-hydrogen) atoms. The SMILES string of the molecule is C=CCOC(=O)C1=C(C=O)[C@H](C)[C@@H]2[C@@H]([C@@H](C)O[Si](C)(C)C(C)(C)C)C(=O)N12. The molecule has 150 valence electrons. The smallest absolute Gasteiger partial charge is 0.355 e. The number of hydrogen-bond acceptors (Lipinski definition) is 5. The maximum absolute atomic E-state index is 12.9. The van der Waals surface area contributed by atoms with Gasteiger partial charge in [-0.05, 0) is 25.1 Å². The molecule has 6 nitrogen and oxygen atoms in total. The fourth-order valence-electron chi connectivity index (χ4n) is 3.64. The third kappa shape index (κ3) is 3.54. The van der Waals surface area contributed by atoms with E-state index in [0.717, 1.165) is 0 Å². The second-order valence-electron chi connectivity index (χ2n) is 8.91. The standard InChI is InChI=1S/C20H31NO5Si/c1-9-10-25-19(24)17-14(11-22)12(2)16-15(18(23)21(16)17)13(3)26-27(7,8)20(4,5)6/h9,11-13,15-16H,1,10H2,2-8H3/t12-,13+,15+,16+/m0/s1. The van der Waals surface area contributed by atoms with E-state index in [1.165, 1.54) is 11.0 Å². The van der Waals surface area contributed by atoms with Gasteiger partial charge < -0.3 is 14.1 Å². The summed E-state index contributed by atoms with van der Waals surface area (Å²) in [6.45, 7) is 18.1. The van der Waals surface area contributed by atoms with Crippen molar-refractivity contribution in [2.45, 2.75) is 64.9 Å². The molecule has 7 heteroatoms. The van der Waals surface area contributed by atoms with Crippen LogP contribution in [0.15, 0.2) is 23.9 Å². The van der Waals surface area contributed by atoms with E-state index in [-0.39, 0.29) is 47.2 Å². The largest absolute Gasteiger partial charge is 0.457 e. The van der Waals surface area contributed by atoms with Gasteiger partial charge in [0.25, 0.3) is 0 Å². The van der Waals surface area contributed by atoms with Crippen LogP contribution in [0.3, 0.4) is 0 Å². The minimum atomic E-state index is -2.05. The zero-order valence-corrected chi connectivity index (χ0v) is 18.4. The highest BCUT2D eigenvalue weighted by atomic mass is 28.4. The summed E-state index contributed by atoms with van der Waals surface area (Å²) in [4.78, 5) is 38.3. The molecule has 1 saturated heterocycles. The lowest BCUT2D eigenvalue weighted by Gasteiger charge is -2.50. The first-order chi connectivity index (χ1) is 12.4. The van der Waals surface area contributed by atoms with Crippen LogP contribution in [0.2, 0.25) is 18.1 Å². The van der Waals surface area contributed by atoms with Crippen LogP contribution in [-0.4, -0.2) is 50.1 Å². The van der Waals surface area contributed by atoms with Gasteiger partial charge in [0.2, 0.25) is 5.91 Å². The number of esters is 1. The van der Waals surface area contributed by atoms with Gasteiger partial charge in [-0.1, -0.05) is 40.3 Å². The van der Waals surface area contributed by atoms with E-state index in [9.17, 15) is 14.4 Å². The second-order valence-corrected chi connectivity index (χ2v) is 13.7. The summed E-state index contributed by atoms with van der Waals surface area (Å²) in [5.74, 6) is -1.44. The van der Waals surface area contributed by atoms with E-state index in [1.807, 2.05) is 13.8 Å². The van der Waals surface area contributed by atoms with Crippen LogP contribution in [0.5, 0.6) is 0 Å². The summed E-state index contributed by atoms with van der Waals surface area (Å²) in [6.07, 6.45) is 1.83. The molecule has 2 aliphatic heterocycles. The molecule has 2 heterocycles. The molecule has 0 unspecified atom stereocenters. The molecular weight excluding hydrogens is 362 g/mol. The van der Waals surface area contributed by atoms with Crippen LogP contribution in [0.25, 0.3) is 0 Å². The van der Waals surface area contributed by atoms with Crippen molar-refractivity contribution in [3.8, 4) is 0 Å². The first kappa shape index (κ1) is 21.6. The first-order valence-electron chi connectivity index (χ1n) is 9.37. The van der Waals surface area contributed by atoms with Gasteiger partial charge in [-0.3, -0.25) is 9.59 Å². The maximum Gasteiger partial charge on any atom is 0.355 e. The van der Waals surface area contributed by atoms with Gasteiger partial charge in [-0.25, -0.2) is 4.79 Å². The lowest BCUT2D eigenvalue weighted by atomic mass is 9.78. The number of ether oxygens (including phenoxy) is 1. The van der Waals surface area contributed by atoms with E-state index in [0.29, 0.717) is 11.9 Å². The van der Waals surface area contributed by atoms with Gasteiger partial charge in [-0.2, -0.15) is 0 Å². The number of nitrogens with zero attached hydrogens (tertiary/aromatic N) is 1. The van der Waals surface area contributed by atoms with Crippen LogP contribution < -0.4 is 0 Å². The van der Waals surface area contributed by atoms with Crippen molar-refractivity contribution in [2.75, 3.05) is 6.61 Å². The summed E-state index contributed by atoms with van der Waals surface area (Å²) in [5.41, 5.74) is 0.398. The summed E-state index contributed by atoms with van der Waals surface area (Å²) >= 11 is 0. The molecule has 2 rings (SSSR count). The normalized spacial score (nSPS) is 26.4. The van der Waals surface area contributed by atoms with E-state index in [2.05, 4.69) is 40.4 Å². The highest BCUT2D eigenvalue weighted by Gasteiger charge is 2.61. The Bertz CT molecular complexity index is 691. The van der Waals surface area contributed by atoms with Gasteiger partial charge in [0, 0.05) is 11.5 Å². The second kappa shape index (κ2) is 7.35. The molecule has 0 spiro atoms. The number of amides is 1. The zero-order chi connectivity index (χ0) is 20.7. The van der Waals surface area contributed by atoms with E-state index in [1.54, 1.807) is 0 Å². The van der Waals surface area contributed by atoms with Crippen molar-refractivity contribution in [1.82, 2.24) is 4.90 Å². The quantitative estimate of drug-likeness (QED) is 0.218. The minimum Gasteiger partial charge on any atom is -0.457 e. The average molecular weight is 394 g/mol. The molecule has 0 aromatic carbocycles. The number of rotatable bonds is 7. The Kier molecular flexibility index (Phi) is 5.87. The fraction of sp³-hybridized carbons (Fsp3) is 0.650. The maximum atomic E-state index is 12.9. The third-order valence-electron chi connectivity index (χ3n) is 6.15. The Labute approximate surface area is 162 Å². The molecule has 0 aromatic heterocycles. The van der Waals surface area contributed by atoms with Crippen LogP contribution >= 0.6 is 0 Å². The number of aldehydes is 1. The monoisotopic (exact) mass is 393 g/mol. The van der Waals surface area contributed by atoms with Crippen molar-refractivity contribution in [3.63, 3.8) is 0 Å². The molecule has 0 bridgehead atoms. The number of hydrogen-bond donors (Lipinski definition) is 0. The van der Waals surface area contributed by atoms with Gasteiger partial charge in [0.05, 0.1) is 18.1 Å². The predicted molar refractivity (Wildman–Crippen MR) is 105 cm³/mol. The number of carbonyl (C=O) groups excluding carboxylic acids is 3. The van der Waals surface area contributed by atoms with Crippen LogP contribution in [0.4, 0.5) is 0 Å². The zero-order valence-electron chi connectivity index (χ0n) is 17.4. The van der Waals surface area contributed by atoms with Gasteiger partial charge in [0.15, 0.2) is 8.32 Å². The summed E-state index contributed by atoms with van der Waals surface area (Å²) < 4.78 is 11.5. The molecule has 0 radical (unpaired) electrons. The molecule has 2 aliphatic rings. The van der Waals surface area contributed by atoms with Crippen molar-refractivity contribution in [3.05, 3.63) is 23.9 Å². The van der Waals surface area contributed by atoms with Gasteiger partial charge in [0.1, 0.15) is 18.6 Å². The first-order valence-corrected chi connectivity index (χ1v) is 12.3. The van der Waals surface area contributed by atoms with Crippen molar-refractivity contribution in [2.24, 2.45) is 11.8 Å². The van der Waals surface area contributed by atoms with Crippen LogP contribution in [0.1, 0.15) is 34.6 Å². The summed E-state index contributed by atoms with van der Waals surface area (Å²) in [6, 6.07) is -0.247. The average Bonchev–Trinajstić information content (AvgIpc) is 2.79. The molecule has 1 amide bonds. The van der Waals surface area contributed by atoms with Crippen LogP contribution in [0, 0.1) is 11.8 Å². The molecule has 0 aliphatic carbocycles. The van der Waals surface area contributed by atoms with Crippen molar-refractivity contribution >= 4 is 26.5 Å². The topological polar surface area (TPSA) is 72.9 Å². The molecule has 1 fully saturated rings. The third-order valence-corrected chi connectivity index (χ3v) is 10.7. The molecule has 0 saturated carbocycles. The Morgan fingerprint density at radius 1 is 1.37 bits per heavy atom. The number of β-lactam (4-membered cyclic amide) rings is 1. The Hall–Kier alpha value is -1.73. The highest BCUT2D eigenvalue weighted by molar-refractivity contribution is 6.74. The van der Waals surface area contributed by atoms with E-state index < -0.39 is 14.3 Å². The fourth-order valence-corrected chi connectivity index (χ4v) is 5.07. The summed E-state index contributed by atoms with van der Waals surface area (Å²) in [7, 11) is -2.05. The molecule has 0 N–H and O–H groups in total. The highest BCUT2D eigenvalue weighted by Crippen LogP contribution is 2.48. The Morgan fingerprint density at radius 3 is 2.44 bits per heavy atom. The lowest BCUT2D eigenvalue weighted by molar-refractivity contribution is -0.163. The Balaban J connectivity index is 2.24. The minimum absolute atomic E-state index is 0.0287. The van der Waals surface area contributed by atoms with Crippen molar-refractivity contribution in [1.29, 1.82) is 0 Å². The molecular formula is C20H31NO5Si. The van der Waals surface area contributed by atoms with E-state index in [4.69, 9.17) is 9.16 Å². The number of carbonyl (C=O) groups is 3. The van der Waals surface area contributed by atoms with Gasteiger partial charge in [-0.15, -0.1) is 0 Å². The summed E-state index contributed by atoms with van der Waals surface area (Å²) in [5, 5.41) is 0.0287. The van der Waals surface area contributed by atoms with E-state index >= 15 is 0 Å². The predicted octanol–water partition coefficient (Wildman–Crippen LogP) is 3.06.